The Morgan fingerprint density at radius 3 is 1.86 bits per heavy atom. The van der Waals surface area contributed by atoms with Crippen LogP contribution in [0.2, 0.25) is 0 Å². The molecule has 0 aliphatic heterocycles. The number of hydrogen-bond donors (Lipinski definition) is 0. The lowest BCUT2D eigenvalue weighted by Crippen LogP contribution is -2.31. The molecule has 7 aromatic rings. The van der Waals surface area contributed by atoms with Gasteiger partial charge in [-0.2, -0.15) is 0 Å². The lowest BCUT2D eigenvalue weighted by molar-refractivity contribution is 0.669. The number of benzene rings is 6. The van der Waals surface area contributed by atoms with Gasteiger partial charge in [-0.1, -0.05) is 121 Å². The highest BCUT2D eigenvalue weighted by Gasteiger charge is 2.17. The van der Waals surface area contributed by atoms with Crippen LogP contribution in [-0.4, -0.2) is 0 Å². The van der Waals surface area contributed by atoms with E-state index in [4.69, 9.17) is 4.42 Å². The van der Waals surface area contributed by atoms with Gasteiger partial charge in [-0.15, -0.1) is 0 Å². The summed E-state index contributed by atoms with van der Waals surface area (Å²) in [6.45, 7) is 8.59. The van der Waals surface area contributed by atoms with Crippen molar-refractivity contribution in [2.24, 2.45) is 0 Å². The minimum atomic E-state index is 0.880. The number of allylic oxidation sites excluding steroid dienone is 1. The maximum Gasteiger partial charge on any atom is 0.135 e. The van der Waals surface area contributed by atoms with E-state index in [0.717, 1.165) is 49.4 Å². The van der Waals surface area contributed by atoms with E-state index in [0.29, 0.717) is 0 Å². The second kappa shape index (κ2) is 11.6. The molecule has 7 rings (SSSR count). The summed E-state index contributed by atoms with van der Waals surface area (Å²) in [6.07, 6.45) is 4.27. The van der Waals surface area contributed by atoms with Gasteiger partial charge < -0.3 is 9.32 Å². The summed E-state index contributed by atoms with van der Waals surface area (Å²) >= 11 is 0. The normalized spacial score (nSPS) is 12.2. The molecule has 0 fully saturated rings. The fourth-order valence-electron chi connectivity index (χ4n) is 5.98. The van der Waals surface area contributed by atoms with Crippen molar-refractivity contribution in [2.45, 2.75) is 13.8 Å². The van der Waals surface area contributed by atoms with E-state index in [1.54, 1.807) is 0 Å². The zero-order valence-corrected chi connectivity index (χ0v) is 25.0. The van der Waals surface area contributed by atoms with Crippen molar-refractivity contribution in [3.05, 3.63) is 168 Å². The maximum absolute atomic E-state index is 6.17. The van der Waals surface area contributed by atoms with Gasteiger partial charge in [0.1, 0.15) is 11.2 Å². The first-order valence-electron chi connectivity index (χ1n) is 15.0. The van der Waals surface area contributed by atoms with Gasteiger partial charge >= 0.3 is 0 Å². The molecule has 2 nitrogen and oxygen atoms in total. The quantitative estimate of drug-likeness (QED) is 0.199. The average Bonchev–Trinajstić information content (AvgIpc) is 3.44. The highest BCUT2D eigenvalue weighted by molar-refractivity contribution is 6.06. The third-order valence-corrected chi connectivity index (χ3v) is 8.17. The van der Waals surface area contributed by atoms with Crippen molar-refractivity contribution in [2.75, 3.05) is 4.90 Å². The van der Waals surface area contributed by atoms with Crippen LogP contribution in [0.3, 0.4) is 0 Å². The molecule has 1 heterocycles. The van der Waals surface area contributed by atoms with Crippen molar-refractivity contribution in [1.82, 2.24) is 0 Å². The zero-order valence-electron chi connectivity index (χ0n) is 25.0. The summed E-state index contributed by atoms with van der Waals surface area (Å²) < 4.78 is 6.17. The van der Waals surface area contributed by atoms with Crippen molar-refractivity contribution in [3.63, 3.8) is 0 Å². The molecule has 0 bridgehead atoms. The summed E-state index contributed by atoms with van der Waals surface area (Å²) in [5, 5.41) is 4.29. The summed E-state index contributed by atoms with van der Waals surface area (Å²) in [6, 6.07) is 49.3. The zero-order chi connectivity index (χ0) is 30.0. The van der Waals surface area contributed by atoms with Gasteiger partial charge in [0.25, 0.3) is 0 Å². The first kappa shape index (κ1) is 27.2. The Morgan fingerprint density at radius 2 is 1.18 bits per heavy atom. The molecule has 0 N–H and O–H groups in total. The highest BCUT2D eigenvalue weighted by Crippen LogP contribution is 2.37. The van der Waals surface area contributed by atoms with Crippen molar-refractivity contribution < 1.29 is 4.42 Å². The van der Waals surface area contributed by atoms with Gasteiger partial charge in [0.2, 0.25) is 0 Å². The smallest absolute Gasteiger partial charge is 0.135 e. The maximum atomic E-state index is 6.17. The lowest BCUT2D eigenvalue weighted by Gasteiger charge is -2.27. The van der Waals surface area contributed by atoms with Crippen LogP contribution in [0.5, 0.6) is 0 Å². The number of nitrogens with zero attached hydrogens (tertiary/aromatic N) is 1. The van der Waals surface area contributed by atoms with Crippen LogP contribution in [0, 0.1) is 6.92 Å². The minimum absolute atomic E-state index is 0.880. The summed E-state index contributed by atoms with van der Waals surface area (Å²) in [7, 11) is 0. The summed E-state index contributed by atoms with van der Waals surface area (Å²) in [5.41, 5.74) is 10.9. The Labute approximate surface area is 258 Å². The van der Waals surface area contributed by atoms with E-state index in [2.05, 4.69) is 159 Å². The third-order valence-electron chi connectivity index (χ3n) is 8.17. The molecule has 1 aromatic heterocycles. The molecule has 0 aliphatic rings. The molecule has 0 atom stereocenters. The molecule has 0 saturated heterocycles. The molecule has 2 heteroatoms. The van der Waals surface area contributed by atoms with Crippen molar-refractivity contribution in [1.29, 1.82) is 0 Å². The van der Waals surface area contributed by atoms with Crippen LogP contribution in [0.4, 0.5) is 11.4 Å². The Morgan fingerprint density at radius 1 is 0.591 bits per heavy atom. The molecule has 0 aliphatic carbocycles. The number of furan rings is 1. The predicted molar refractivity (Wildman–Crippen MR) is 187 cm³/mol. The monoisotopic (exact) mass is 567 g/mol. The molecule has 212 valence electrons. The third kappa shape index (κ3) is 5.12. The molecule has 0 amide bonds. The van der Waals surface area contributed by atoms with Crippen LogP contribution in [0.25, 0.3) is 56.5 Å². The second-order valence-electron chi connectivity index (χ2n) is 11.2. The Hall–Kier alpha value is -5.60. The standard InChI is InChI=1S/C42H33NO/c1-4-10-40(37-25-15-29(2)27-30(37)3)43(36-24-26-42-39(28-36)38-13-8-9-14-41(38)44-42)35-22-20-34(21-23-35)33-18-16-32(17-19-33)31-11-6-5-7-12-31/h4-28H,3H2,1-2H3/b10-4-,40-37+. The van der Waals surface area contributed by atoms with Crippen LogP contribution in [-0.2, 0) is 0 Å². The van der Waals surface area contributed by atoms with Gasteiger partial charge in [-0.25, -0.2) is 0 Å². The lowest BCUT2D eigenvalue weighted by atomic mass is 10.00. The Kier molecular flexibility index (Phi) is 7.17. The Balaban J connectivity index is 1.37. The van der Waals surface area contributed by atoms with Gasteiger partial charge in [0.15, 0.2) is 0 Å². The number of aryl methyl sites for hydroxylation is 1. The molecule has 0 unspecified atom stereocenters. The van der Waals surface area contributed by atoms with E-state index in [1.807, 2.05) is 18.2 Å². The minimum Gasteiger partial charge on any atom is -0.456 e. The van der Waals surface area contributed by atoms with Crippen LogP contribution in [0.1, 0.15) is 12.5 Å². The number of para-hydroxylation sites is 1. The highest BCUT2D eigenvalue weighted by atomic mass is 16.3. The first-order chi connectivity index (χ1) is 21.6. The van der Waals surface area contributed by atoms with Gasteiger partial charge in [-0.3, -0.25) is 0 Å². The van der Waals surface area contributed by atoms with Gasteiger partial charge in [0.05, 0.1) is 5.70 Å². The summed E-state index contributed by atoms with van der Waals surface area (Å²) in [4.78, 5) is 2.32. The first-order valence-corrected chi connectivity index (χ1v) is 15.0. The number of rotatable bonds is 6. The molecular formula is C42H33NO. The SMILES string of the molecule is C=c1cc(C)cc/c1=C(/C=C\C)N(c1ccc(-c2ccc(-c3ccccc3)cc2)cc1)c1ccc2oc3ccccc3c2c1. The van der Waals surface area contributed by atoms with E-state index < -0.39 is 0 Å². The molecule has 6 aromatic carbocycles. The largest absolute Gasteiger partial charge is 0.456 e. The second-order valence-corrected chi connectivity index (χ2v) is 11.2. The van der Waals surface area contributed by atoms with Crippen molar-refractivity contribution in [3.8, 4) is 22.3 Å². The van der Waals surface area contributed by atoms with E-state index in [-0.39, 0.29) is 0 Å². The van der Waals surface area contributed by atoms with Crippen molar-refractivity contribution >= 4 is 45.6 Å². The van der Waals surface area contributed by atoms with Crippen LogP contribution >= 0.6 is 0 Å². The number of anilines is 2. The van der Waals surface area contributed by atoms with Crippen LogP contribution < -0.4 is 15.3 Å². The van der Waals surface area contributed by atoms with Gasteiger partial charge in [0, 0.05) is 27.4 Å². The van der Waals surface area contributed by atoms with Gasteiger partial charge in [-0.05, 0) is 83.8 Å². The van der Waals surface area contributed by atoms with E-state index in [1.165, 1.54) is 27.8 Å². The fourth-order valence-corrected chi connectivity index (χ4v) is 5.98. The average molecular weight is 568 g/mol. The van der Waals surface area contributed by atoms with Crippen LogP contribution in [0.15, 0.2) is 156 Å². The topological polar surface area (TPSA) is 16.4 Å². The molecular weight excluding hydrogens is 534 g/mol. The molecule has 0 saturated carbocycles. The fraction of sp³-hybridized carbons (Fsp3) is 0.0476. The number of hydrogen-bond acceptors (Lipinski definition) is 2. The number of fused-ring (bicyclic) bond motifs is 3. The van der Waals surface area contributed by atoms with E-state index in [9.17, 15) is 0 Å². The summed E-state index contributed by atoms with van der Waals surface area (Å²) in [5.74, 6) is 0. The molecule has 44 heavy (non-hydrogen) atoms. The van der Waals surface area contributed by atoms with E-state index >= 15 is 0 Å². The predicted octanol–water partition coefficient (Wildman–Crippen LogP) is 10.2. The molecule has 0 radical (unpaired) electrons. The Bertz CT molecular complexity index is 2240. The molecule has 0 spiro atoms.